The third-order valence-corrected chi connectivity index (χ3v) is 2.57. The second kappa shape index (κ2) is 7.68. The summed E-state index contributed by atoms with van der Waals surface area (Å²) in [5.41, 5.74) is 0.581. The van der Waals surface area contributed by atoms with Crippen LogP contribution in [-0.4, -0.2) is 32.0 Å². The quantitative estimate of drug-likeness (QED) is 0.675. The maximum Gasteiger partial charge on any atom is 0.238 e. The molecular weight excluding hydrogens is 254 g/mol. The Morgan fingerprint density at radius 1 is 1.22 bits per heavy atom. The summed E-state index contributed by atoms with van der Waals surface area (Å²) < 4.78 is 0. The van der Waals surface area contributed by atoms with E-state index in [2.05, 4.69) is 16.0 Å². The number of hydrogen-bond donors (Lipinski definition) is 3. The molecule has 2 amide bonds. The highest BCUT2D eigenvalue weighted by atomic mass is 35.5. The van der Waals surface area contributed by atoms with E-state index in [4.69, 9.17) is 11.6 Å². The molecule has 18 heavy (non-hydrogen) atoms. The first kappa shape index (κ1) is 14.5. The molecule has 0 aliphatic rings. The predicted molar refractivity (Wildman–Crippen MR) is 71.6 cm³/mol. The Bertz CT molecular complexity index is 424. The van der Waals surface area contributed by atoms with E-state index in [1.165, 1.54) is 0 Å². The monoisotopic (exact) mass is 269 g/mol. The van der Waals surface area contributed by atoms with Crippen LogP contribution < -0.4 is 16.0 Å². The molecule has 0 unspecified atom stereocenters. The first-order valence-corrected chi connectivity index (χ1v) is 5.97. The SMILES string of the molecule is CNC(=O)CCNCC(=O)Nc1ccccc1Cl. The van der Waals surface area contributed by atoms with E-state index in [1.54, 1.807) is 31.3 Å². The average Bonchev–Trinajstić information content (AvgIpc) is 2.37. The van der Waals surface area contributed by atoms with E-state index in [-0.39, 0.29) is 18.4 Å². The van der Waals surface area contributed by atoms with Gasteiger partial charge in [0.25, 0.3) is 0 Å². The van der Waals surface area contributed by atoms with Crippen LogP contribution in [0.15, 0.2) is 24.3 Å². The molecular formula is C12H16ClN3O2. The predicted octanol–water partition coefficient (Wildman–Crippen LogP) is 1.00. The first-order valence-electron chi connectivity index (χ1n) is 5.59. The van der Waals surface area contributed by atoms with E-state index in [9.17, 15) is 9.59 Å². The lowest BCUT2D eigenvalue weighted by Gasteiger charge is -2.07. The smallest absolute Gasteiger partial charge is 0.238 e. The summed E-state index contributed by atoms with van der Waals surface area (Å²) in [7, 11) is 1.58. The van der Waals surface area contributed by atoms with Crippen LogP contribution in [-0.2, 0) is 9.59 Å². The van der Waals surface area contributed by atoms with Gasteiger partial charge in [0.05, 0.1) is 17.3 Å². The van der Waals surface area contributed by atoms with Gasteiger partial charge in [-0.05, 0) is 12.1 Å². The number of anilines is 1. The number of amides is 2. The van der Waals surface area contributed by atoms with E-state index in [0.717, 1.165) is 0 Å². The van der Waals surface area contributed by atoms with E-state index < -0.39 is 0 Å². The Hall–Kier alpha value is -1.59. The summed E-state index contributed by atoms with van der Waals surface area (Å²) in [6.45, 7) is 0.595. The molecule has 0 saturated carbocycles. The zero-order valence-electron chi connectivity index (χ0n) is 10.1. The van der Waals surface area contributed by atoms with Crippen molar-refractivity contribution in [1.82, 2.24) is 10.6 Å². The molecule has 0 aromatic heterocycles. The maximum atomic E-state index is 11.5. The Labute approximate surface area is 111 Å². The molecule has 0 heterocycles. The van der Waals surface area contributed by atoms with Gasteiger partial charge in [0, 0.05) is 20.0 Å². The number of halogens is 1. The number of nitrogens with one attached hydrogen (secondary N) is 3. The zero-order chi connectivity index (χ0) is 13.4. The van der Waals surface area contributed by atoms with Gasteiger partial charge in [0.1, 0.15) is 0 Å². The van der Waals surface area contributed by atoms with Crippen LogP contribution >= 0.6 is 11.6 Å². The normalized spacial score (nSPS) is 9.89. The number of para-hydroxylation sites is 1. The van der Waals surface area contributed by atoms with Crippen molar-refractivity contribution in [3.8, 4) is 0 Å². The van der Waals surface area contributed by atoms with Crippen molar-refractivity contribution in [2.24, 2.45) is 0 Å². The summed E-state index contributed by atoms with van der Waals surface area (Å²) in [5, 5.41) is 8.55. The molecule has 0 aliphatic carbocycles. The van der Waals surface area contributed by atoms with Gasteiger partial charge in [-0.3, -0.25) is 9.59 Å². The number of benzene rings is 1. The fourth-order valence-electron chi connectivity index (χ4n) is 1.29. The first-order chi connectivity index (χ1) is 8.63. The average molecular weight is 270 g/mol. The Kier molecular flexibility index (Phi) is 6.18. The topological polar surface area (TPSA) is 70.2 Å². The van der Waals surface area contributed by atoms with Crippen molar-refractivity contribution in [3.05, 3.63) is 29.3 Å². The van der Waals surface area contributed by atoms with Crippen LogP contribution in [0.25, 0.3) is 0 Å². The Balaban J connectivity index is 2.26. The van der Waals surface area contributed by atoms with Crippen molar-refractivity contribution in [1.29, 1.82) is 0 Å². The molecule has 1 rings (SSSR count). The van der Waals surface area contributed by atoms with Crippen LogP contribution in [0.5, 0.6) is 0 Å². The van der Waals surface area contributed by atoms with Crippen LogP contribution in [0.2, 0.25) is 5.02 Å². The minimum atomic E-state index is -0.194. The van der Waals surface area contributed by atoms with Crippen molar-refractivity contribution in [2.45, 2.75) is 6.42 Å². The van der Waals surface area contributed by atoms with Crippen molar-refractivity contribution >= 4 is 29.1 Å². The largest absolute Gasteiger partial charge is 0.359 e. The van der Waals surface area contributed by atoms with Crippen molar-refractivity contribution in [3.63, 3.8) is 0 Å². The molecule has 1 aromatic rings. The second-order valence-corrected chi connectivity index (χ2v) is 4.04. The van der Waals surface area contributed by atoms with Gasteiger partial charge in [0.2, 0.25) is 11.8 Å². The molecule has 98 valence electrons. The molecule has 0 spiro atoms. The standard InChI is InChI=1S/C12H16ClN3O2/c1-14-11(17)6-7-15-8-12(18)16-10-5-3-2-4-9(10)13/h2-5,15H,6-8H2,1H3,(H,14,17)(H,16,18). The summed E-state index contributed by atoms with van der Waals surface area (Å²) >= 11 is 5.90. The Morgan fingerprint density at radius 3 is 2.61 bits per heavy atom. The molecule has 0 saturated heterocycles. The number of carbonyl (C=O) groups is 2. The zero-order valence-corrected chi connectivity index (χ0v) is 10.9. The molecule has 0 atom stereocenters. The minimum Gasteiger partial charge on any atom is -0.359 e. The van der Waals surface area contributed by atoms with Crippen LogP contribution in [0.4, 0.5) is 5.69 Å². The summed E-state index contributed by atoms with van der Waals surface area (Å²) in [4.78, 5) is 22.5. The fourth-order valence-corrected chi connectivity index (χ4v) is 1.47. The van der Waals surface area contributed by atoms with E-state index >= 15 is 0 Å². The molecule has 0 aliphatic heterocycles. The highest BCUT2D eigenvalue weighted by molar-refractivity contribution is 6.33. The fraction of sp³-hybridized carbons (Fsp3) is 0.333. The lowest BCUT2D eigenvalue weighted by molar-refractivity contribution is -0.121. The van der Waals surface area contributed by atoms with Crippen molar-refractivity contribution in [2.75, 3.05) is 25.5 Å². The second-order valence-electron chi connectivity index (χ2n) is 3.63. The molecule has 1 aromatic carbocycles. The van der Waals surface area contributed by atoms with Crippen LogP contribution in [0.1, 0.15) is 6.42 Å². The minimum absolute atomic E-state index is 0.0611. The third kappa shape index (κ3) is 5.16. The lowest BCUT2D eigenvalue weighted by atomic mass is 10.3. The van der Waals surface area contributed by atoms with Gasteiger partial charge in [-0.2, -0.15) is 0 Å². The molecule has 0 fully saturated rings. The van der Waals surface area contributed by atoms with Gasteiger partial charge >= 0.3 is 0 Å². The van der Waals surface area contributed by atoms with E-state index in [1.807, 2.05) is 0 Å². The molecule has 0 bridgehead atoms. The van der Waals surface area contributed by atoms with Gasteiger partial charge < -0.3 is 16.0 Å². The number of hydrogen-bond acceptors (Lipinski definition) is 3. The molecule has 6 heteroatoms. The van der Waals surface area contributed by atoms with Gasteiger partial charge in [0.15, 0.2) is 0 Å². The number of rotatable bonds is 6. The third-order valence-electron chi connectivity index (χ3n) is 2.24. The van der Waals surface area contributed by atoms with Gasteiger partial charge in [-0.15, -0.1) is 0 Å². The summed E-state index contributed by atoms with van der Waals surface area (Å²) in [6.07, 6.45) is 0.343. The number of carbonyl (C=O) groups excluding carboxylic acids is 2. The maximum absolute atomic E-state index is 11.5. The summed E-state index contributed by atoms with van der Waals surface area (Å²) in [6, 6.07) is 7.01. The van der Waals surface area contributed by atoms with Gasteiger partial charge in [-0.25, -0.2) is 0 Å². The molecule has 3 N–H and O–H groups in total. The van der Waals surface area contributed by atoms with Crippen LogP contribution in [0, 0.1) is 0 Å². The molecule has 0 radical (unpaired) electrons. The van der Waals surface area contributed by atoms with Gasteiger partial charge in [-0.1, -0.05) is 23.7 Å². The summed E-state index contributed by atoms with van der Waals surface area (Å²) in [5.74, 6) is -0.256. The Morgan fingerprint density at radius 2 is 1.94 bits per heavy atom. The highest BCUT2D eigenvalue weighted by Gasteiger charge is 2.05. The van der Waals surface area contributed by atoms with Crippen molar-refractivity contribution < 1.29 is 9.59 Å². The van der Waals surface area contributed by atoms with E-state index in [0.29, 0.717) is 23.7 Å². The van der Waals surface area contributed by atoms with Crippen LogP contribution in [0.3, 0.4) is 0 Å². The lowest BCUT2D eigenvalue weighted by Crippen LogP contribution is -2.31. The molecule has 5 nitrogen and oxygen atoms in total. The highest BCUT2D eigenvalue weighted by Crippen LogP contribution is 2.19.